The number of hydrogen-bond acceptors (Lipinski definition) is 7. The van der Waals surface area contributed by atoms with Crippen molar-refractivity contribution in [3.8, 4) is 27.6 Å². The van der Waals surface area contributed by atoms with Gasteiger partial charge in [0.05, 0.1) is 25.9 Å². The fourth-order valence-corrected chi connectivity index (χ4v) is 3.56. The third-order valence-corrected chi connectivity index (χ3v) is 4.97. The van der Waals surface area contributed by atoms with Crippen molar-refractivity contribution in [3.63, 3.8) is 0 Å². The molecule has 4 aromatic rings. The first-order valence-electron chi connectivity index (χ1n) is 8.24. The van der Waals surface area contributed by atoms with E-state index in [-0.39, 0.29) is 11.3 Å². The van der Waals surface area contributed by atoms with E-state index in [0.29, 0.717) is 32.9 Å². The van der Waals surface area contributed by atoms with Gasteiger partial charge in [0.15, 0.2) is 0 Å². The summed E-state index contributed by atoms with van der Waals surface area (Å²) in [7, 11) is 2.72. The Kier molecular flexibility index (Phi) is 4.70. The molecule has 28 heavy (non-hydrogen) atoms. The lowest BCUT2D eigenvalue weighted by molar-refractivity contribution is 0.0599. The summed E-state index contributed by atoms with van der Waals surface area (Å²) in [6.45, 7) is 0. The molecular formula is C20H14FN3O3S. The Morgan fingerprint density at radius 3 is 2.71 bits per heavy atom. The highest BCUT2D eigenvalue weighted by atomic mass is 32.1. The summed E-state index contributed by atoms with van der Waals surface area (Å²) in [5.41, 5.74) is 2.57. The number of thiazole rings is 1. The molecule has 140 valence electrons. The van der Waals surface area contributed by atoms with Gasteiger partial charge in [0.25, 0.3) is 0 Å². The quantitative estimate of drug-likeness (QED) is 0.478. The van der Waals surface area contributed by atoms with E-state index in [2.05, 4.69) is 15.0 Å². The van der Waals surface area contributed by atoms with Crippen LogP contribution in [0.3, 0.4) is 0 Å². The monoisotopic (exact) mass is 395 g/mol. The average molecular weight is 395 g/mol. The molecule has 8 heteroatoms. The molecule has 2 aromatic heterocycles. The molecule has 0 N–H and O–H groups in total. The lowest BCUT2D eigenvalue weighted by Crippen LogP contribution is -2.08. The summed E-state index contributed by atoms with van der Waals surface area (Å²) in [6.07, 6.45) is 3.23. The maximum absolute atomic E-state index is 13.8. The number of nitrogens with zero attached hydrogens (tertiary/aromatic N) is 3. The Morgan fingerprint density at radius 1 is 1.18 bits per heavy atom. The molecule has 0 saturated heterocycles. The Hall–Kier alpha value is -3.39. The number of methoxy groups -OCH3 is 2. The molecule has 0 amide bonds. The maximum Gasteiger partial charge on any atom is 0.343 e. The zero-order chi connectivity index (χ0) is 19.7. The number of rotatable bonds is 4. The zero-order valence-corrected chi connectivity index (χ0v) is 15.8. The second-order valence-electron chi connectivity index (χ2n) is 5.79. The van der Waals surface area contributed by atoms with Gasteiger partial charge in [0.1, 0.15) is 33.3 Å². The summed E-state index contributed by atoms with van der Waals surface area (Å²) < 4.78 is 24.2. The van der Waals surface area contributed by atoms with Gasteiger partial charge in [-0.25, -0.2) is 19.2 Å². The molecule has 4 rings (SSSR count). The van der Waals surface area contributed by atoms with Gasteiger partial charge in [-0.2, -0.15) is 0 Å². The molecule has 2 heterocycles. The SMILES string of the molecule is COC(=O)c1c(OC)c(-c2cccc(F)c2)cc2nc(-c3nccs3)cnc12. The minimum atomic E-state index is -0.614. The van der Waals surface area contributed by atoms with E-state index in [0.717, 1.165) is 0 Å². The molecule has 0 fully saturated rings. The van der Waals surface area contributed by atoms with Crippen LogP contribution in [-0.2, 0) is 4.74 Å². The fourth-order valence-electron chi connectivity index (χ4n) is 2.97. The number of ether oxygens (including phenoxy) is 2. The van der Waals surface area contributed by atoms with Gasteiger partial charge in [0.2, 0.25) is 0 Å². The highest BCUT2D eigenvalue weighted by molar-refractivity contribution is 7.13. The van der Waals surface area contributed by atoms with Crippen LogP contribution in [0.5, 0.6) is 5.75 Å². The van der Waals surface area contributed by atoms with Crippen molar-refractivity contribution in [1.29, 1.82) is 0 Å². The van der Waals surface area contributed by atoms with Crippen LogP contribution in [0.1, 0.15) is 10.4 Å². The predicted molar refractivity (Wildman–Crippen MR) is 104 cm³/mol. The highest BCUT2D eigenvalue weighted by Crippen LogP contribution is 2.38. The van der Waals surface area contributed by atoms with E-state index in [1.165, 1.54) is 37.7 Å². The Labute approximate surface area is 163 Å². The van der Waals surface area contributed by atoms with Gasteiger partial charge in [0, 0.05) is 17.1 Å². The number of carbonyl (C=O) groups excluding carboxylic acids is 1. The lowest BCUT2D eigenvalue weighted by atomic mass is 9.99. The van der Waals surface area contributed by atoms with Crippen molar-refractivity contribution in [2.45, 2.75) is 0 Å². The molecule has 0 spiro atoms. The second-order valence-corrected chi connectivity index (χ2v) is 6.69. The van der Waals surface area contributed by atoms with Crippen LogP contribution >= 0.6 is 11.3 Å². The minimum absolute atomic E-state index is 0.139. The summed E-state index contributed by atoms with van der Waals surface area (Å²) in [5, 5.41) is 2.55. The van der Waals surface area contributed by atoms with Gasteiger partial charge in [-0.15, -0.1) is 11.3 Å². The number of fused-ring (bicyclic) bond motifs is 1. The molecular weight excluding hydrogens is 381 g/mol. The van der Waals surface area contributed by atoms with Crippen LogP contribution in [0.25, 0.3) is 32.9 Å². The molecule has 0 saturated carbocycles. The molecule has 0 bridgehead atoms. The molecule has 2 aromatic carbocycles. The lowest BCUT2D eigenvalue weighted by Gasteiger charge is -2.15. The van der Waals surface area contributed by atoms with Gasteiger partial charge in [-0.05, 0) is 23.8 Å². The fraction of sp³-hybridized carbons (Fsp3) is 0.100. The van der Waals surface area contributed by atoms with Crippen molar-refractivity contribution < 1.29 is 18.7 Å². The molecule has 0 aliphatic carbocycles. The van der Waals surface area contributed by atoms with Crippen molar-refractivity contribution in [3.05, 3.63) is 59.5 Å². The van der Waals surface area contributed by atoms with Crippen LogP contribution in [0.4, 0.5) is 4.39 Å². The van der Waals surface area contributed by atoms with Gasteiger partial charge >= 0.3 is 5.97 Å². The Balaban J connectivity index is 2.05. The highest BCUT2D eigenvalue weighted by Gasteiger charge is 2.24. The number of aromatic nitrogens is 3. The van der Waals surface area contributed by atoms with E-state index in [1.807, 2.05) is 5.38 Å². The van der Waals surface area contributed by atoms with Crippen LogP contribution in [0.2, 0.25) is 0 Å². The van der Waals surface area contributed by atoms with E-state index < -0.39 is 11.8 Å². The van der Waals surface area contributed by atoms with E-state index >= 15 is 0 Å². The normalized spacial score (nSPS) is 10.8. The summed E-state index contributed by atoms with van der Waals surface area (Å²) >= 11 is 1.43. The van der Waals surface area contributed by atoms with Crippen molar-refractivity contribution in [2.24, 2.45) is 0 Å². The summed E-state index contributed by atoms with van der Waals surface area (Å²) in [6, 6.07) is 7.75. The first-order valence-corrected chi connectivity index (χ1v) is 9.12. The largest absolute Gasteiger partial charge is 0.495 e. The minimum Gasteiger partial charge on any atom is -0.495 e. The van der Waals surface area contributed by atoms with Crippen LogP contribution in [0, 0.1) is 5.82 Å². The van der Waals surface area contributed by atoms with Gasteiger partial charge in [-0.3, -0.25) is 4.98 Å². The Morgan fingerprint density at radius 2 is 2.04 bits per heavy atom. The maximum atomic E-state index is 13.8. The molecule has 0 radical (unpaired) electrons. The Bertz CT molecular complexity index is 1180. The van der Waals surface area contributed by atoms with E-state index in [4.69, 9.17) is 9.47 Å². The average Bonchev–Trinajstić information content (AvgIpc) is 3.26. The number of hydrogen-bond donors (Lipinski definition) is 0. The van der Waals surface area contributed by atoms with Gasteiger partial charge < -0.3 is 9.47 Å². The van der Waals surface area contributed by atoms with E-state index in [9.17, 15) is 9.18 Å². The topological polar surface area (TPSA) is 74.2 Å². The molecule has 0 atom stereocenters. The third kappa shape index (κ3) is 3.07. The van der Waals surface area contributed by atoms with Crippen LogP contribution < -0.4 is 4.74 Å². The van der Waals surface area contributed by atoms with Crippen LogP contribution in [0.15, 0.2) is 48.1 Å². The number of benzene rings is 2. The predicted octanol–water partition coefficient (Wildman–Crippen LogP) is 4.35. The van der Waals surface area contributed by atoms with E-state index in [1.54, 1.807) is 30.6 Å². The molecule has 0 unspecified atom stereocenters. The van der Waals surface area contributed by atoms with Crippen molar-refractivity contribution in [1.82, 2.24) is 15.0 Å². The van der Waals surface area contributed by atoms with Crippen LogP contribution in [-0.4, -0.2) is 35.1 Å². The smallest absolute Gasteiger partial charge is 0.343 e. The first-order chi connectivity index (χ1) is 13.6. The number of halogens is 1. The second kappa shape index (κ2) is 7.32. The van der Waals surface area contributed by atoms with Gasteiger partial charge in [-0.1, -0.05) is 12.1 Å². The first kappa shape index (κ1) is 18.0. The standard InChI is InChI=1S/C20H14FN3O3S/c1-26-18-13(11-4-3-5-12(21)8-11)9-14-17(16(18)20(25)27-2)23-10-15(24-14)19-22-6-7-28-19/h3-10H,1-2H3. The third-order valence-electron chi connectivity index (χ3n) is 4.17. The number of esters is 1. The van der Waals surface area contributed by atoms with Crippen molar-refractivity contribution in [2.75, 3.05) is 14.2 Å². The zero-order valence-electron chi connectivity index (χ0n) is 15.0. The number of carbonyl (C=O) groups is 1. The molecule has 0 aliphatic rings. The molecule has 0 aliphatic heterocycles. The molecule has 6 nitrogen and oxygen atoms in total. The summed E-state index contributed by atoms with van der Waals surface area (Å²) in [4.78, 5) is 25.8. The van der Waals surface area contributed by atoms with Crippen molar-refractivity contribution >= 4 is 28.3 Å². The summed E-state index contributed by atoms with van der Waals surface area (Å²) in [5.74, 6) is -0.764.